The predicted octanol–water partition coefficient (Wildman–Crippen LogP) is 2.30. The normalized spacial score (nSPS) is 26.0. The number of esters is 4. The summed E-state index contributed by atoms with van der Waals surface area (Å²) in [5.41, 5.74) is 0. The largest absolute Gasteiger partial charge is 0.463 e. The maximum absolute atomic E-state index is 11.8. The van der Waals surface area contributed by atoms with Crippen LogP contribution in [0.1, 0.15) is 67.2 Å². The lowest BCUT2D eigenvalue weighted by Crippen LogP contribution is -2.63. The van der Waals surface area contributed by atoms with Gasteiger partial charge in [0.1, 0.15) is 12.7 Å². The minimum Gasteiger partial charge on any atom is -0.463 e. The Morgan fingerprint density at radius 3 is 1.88 bits per heavy atom. The van der Waals surface area contributed by atoms with Crippen molar-refractivity contribution in [3.8, 4) is 0 Å². The Morgan fingerprint density at radius 2 is 1.38 bits per heavy atom. The predicted molar refractivity (Wildman–Crippen MR) is 111 cm³/mol. The molecule has 1 heterocycles. The van der Waals surface area contributed by atoms with Gasteiger partial charge in [0.15, 0.2) is 24.6 Å². The van der Waals surface area contributed by atoms with Crippen LogP contribution in [0.3, 0.4) is 0 Å². The molecule has 1 rings (SSSR count). The molecule has 2 unspecified atom stereocenters. The van der Waals surface area contributed by atoms with Crippen LogP contribution in [0.25, 0.3) is 0 Å². The molecular formula is C22H36O10. The first kappa shape index (κ1) is 27.8. The van der Waals surface area contributed by atoms with Crippen molar-refractivity contribution in [2.24, 2.45) is 5.92 Å². The Balaban J connectivity index is 3.21. The molecule has 1 aliphatic rings. The van der Waals surface area contributed by atoms with Gasteiger partial charge in [-0.3, -0.25) is 19.2 Å². The van der Waals surface area contributed by atoms with E-state index in [1.165, 1.54) is 27.7 Å². The number of hydrogen-bond donors (Lipinski definition) is 0. The fraction of sp³-hybridized carbons (Fsp3) is 0.818. The van der Waals surface area contributed by atoms with E-state index in [0.29, 0.717) is 6.61 Å². The molecule has 0 radical (unpaired) electrons. The summed E-state index contributed by atoms with van der Waals surface area (Å²) in [7, 11) is 0. The van der Waals surface area contributed by atoms with Crippen molar-refractivity contribution in [1.82, 2.24) is 0 Å². The lowest BCUT2D eigenvalue weighted by Gasteiger charge is -2.44. The van der Waals surface area contributed by atoms with Crippen LogP contribution in [0.4, 0.5) is 0 Å². The summed E-state index contributed by atoms with van der Waals surface area (Å²) in [6.45, 7) is 8.99. The lowest BCUT2D eigenvalue weighted by atomic mass is 9.97. The molecule has 32 heavy (non-hydrogen) atoms. The summed E-state index contributed by atoms with van der Waals surface area (Å²) in [4.78, 5) is 46.7. The summed E-state index contributed by atoms with van der Waals surface area (Å²) in [6, 6.07) is 0. The summed E-state index contributed by atoms with van der Waals surface area (Å²) in [5.74, 6) is -2.31. The third-order valence-electron chi connectivity index (χ3n) is 4.99. The number of carbonyl (C=O) groups excluding carboxylic acids is 4. The first-order valence-electron chi connectivity index (χ1n) is 11.0. The van der Waals surface area contributed by atoms with Crippen LogP contribution in [-0.2, 0) is 47.6 Å². The Morgan fingerprint density at radius 1 is 0.812 bits per heavy atom. The van der Waals surface area contributed by atoms with E-state index in [0.717, 1.165) is 25.7 Å². The van der Waals surface area contributed by atoms with Crippen molar-refractivity contribution < 1.29 is 47.6 Å². The molecule has 1 aliphatic heterocycles. The molecule has 10 heteroatoms. The van der Waals surface area contributed by atoms with E-state index in [2.05, 4.69) is 13.8 Å². The first-order chi connectivity index (χ1) is 15.1. The van der Waals surface area contributed by atoms with Crippen LogP contribution in [0.15, 0.2) is 0 Å². The van der Waals surface area contributed by atoms with Crippen LogP contribution in [0.5, 0.6) is 0 Å². The van der Waals surface area contributed by atoms with E-state index < -0.39 is 54.6 Å². The third kappa shape index (κ3) is 9.52. The summed E-state index contributed by atoms with van der Waals surface area (Å²) in [5, 5.41) is 0. The standard InChI is InChI=1S/C22H36O10/c1-7-9-10-17(8-2)11-28-22-21(31-16(6)26)20(30-15(5)25)19(29-14(4)24)18(32-22)12-27-13(3)23/h17-22H,7-12H2,1-6H3/t17?,18-,19-,20+,21-,22?/m1/s1. The lowest BCUT2D eigenvalue weighted by molar-refractivity contribution is -0.310. The molecular weight excluding hydrogens is 424 g/mol. The number of carbonyl (C=O) groups is 4. The van der Waals surface area contributed by atoms with Crippen molar-refractivity contribution in [3.63, 3.8) is 0 Å². The van der Waals surface area contributed by atoms with E-state index >= 15 is 0 Å². The van der Waals surface area contributed by atoms with Crippen LogP contribution >= 0.6 is 0 Å². The van der Waals surface area contributed by atoms with Crippen molar-refractivity contribution >= 4 is 23.9 Å². The molecule has 6 atom stereocenters. The smallest absolute Gasteiger partial charge is 0.303 e. The molecule has 0 bridgehead atoms. The first-order valence-corrected chi connectivity index (χ1v) is 11.0. The topological polar surface area (TPSA) is 124 Å². The molecule has 0 aromatic carbocycles. The minimum absolute atomic E-state index is 0.252. The molecule has 184 valence electrons. The van der Waals surface area contributed by atoms with Gasteiger partial charge in [0.2, 0.25) is 0 Å². The third-order valence-corrected chi connectivity index (χ3v) is 4.99. The maximum Gasteiger partial charge on any atom is 0.303 e. The summed E-state index contributed by atoms with van der Waals surface area (Å²) < 4.78 is 33.1. The molecule has 1 saturated heterocycles. The van der Waals surface area contributed by atoms with Crippen LogP contribution < -0.4 is 0 Å². The quantitative estimate of drug-likeness (QED) is 0.316. The van der Waals surface area contributed by atoms with Gasteiger partial charge in [-0.25, -0.2) is 0 Å². The van der Waals surface area contributed by atoms with Crippen LogP contribution in [-0.4, -0.2) is 67.8 Å². The van der Waals surface area contributed by atoms with E-state index in [9.17, 15) is 19.2 Å². The molecule has 0 aromatic heterocycles. The van der Waals surface area contributed by atoms with Crippen molar-refractivity contribution in [3.05, 3.63) is 0 Å². The van der Waals surface area contributed by atoms with E-state index in [-0.39, 0.29) is 12.5 Å². The second-order valence-electron chi connectivity index (χ2n) is 7.82. The fourth-order valence-corrected chi connectivity index (χ4v) is 3.45. The van der Waals surface area contributed by atoms with Gasteiger partial charge < -0.3 is 28.4 Å². The highest BCUT2D eigenvalue weighted by molar-refractivity contribution is 5.68. The molecule has 0 saturated carbocycles. The Kier molecular flexibility index (Phi) is 12.2. The second kappa shape index (κ2) is 14.1. The average molecular weight is 461 g/mol. The van der Waals surface area contributed by atoms with E-state index in [1.807, 2.05) is 0 Å². The molecule has 1 fully saturated rings. The monoisotopic (exact) mass is 460 g/mol. The number of ether oxygens (including phenoxy) is 6. The molecule has 0 amide bonds. The highest BCUT2D eigenvalue weighted by Crippen LogP contribution is 2.30. The molecule has 0 aromatic rings. The molecule has 10 nitrogen and oxygen atoms in total. The van der Waals surface area contributed by atoms with Gasteiger partial charge in [-0.2, -0.15) is 0 Å². The van der Waals surface area contributed by atoms with Crippen molar-refractivity contribution in [2.45, 2.75) is 97.9 Å². The Labute approximate surface area is 189 Å². The average Bonchev–Trinajstić information content (AvgIpc) is 2.69. The highest BCUT2D eigenvalue weighted by Gasteiger charge is 2.52. The summed E-state index contributed by atoms with van der Waals surface area (Å²) in [6.07, 6.45) is -1.76. The SMILES string of the molecule is CCCCC(CC)COC1O[C@H](COC(C)=O)[C@@H](OC(C)=O)[C@H](OC(C)=O)[C@H]1OC(C)=O. The maximum atomic E-state index is 11.8. The van der Waals surface area contributed by atoms with Crippen molar-refractivity contribution in [1.29, 1.82) is 0 Å². The van der Waals surface area contributed by atoms with Gasteiger partial charge in [-0.1, -0.05) is 33.1 Å². The van der Waals surface area contributed by atoms with E-state index in [1.54, 1.807) is 0 Å². The molecule has 0 spiro atoms. The fourth-order valence-electron chi connectivity index (χ4n) is 3.45. The zero-order valence-corrected chi connectivity index (χ0v) is 19.8. The summed E-state index contributed by atoms with van der Waals surface area (Å²) >= 11 is 0. The Bertz CT molecular complexity index is 634. The van der Waals surface area contributed by atoms with Gasteiger partial charge >= 0.3 is 23.9 Å². The highest BCUT2D eigenvalue weighted by atomic mass is 16.7. The minimum atomic E-state index is -1.21. The van der Waals surface area contributed by atoms with Gasteiger partial charge in [-0.15, -0.1) is 0 Å². The second-order valence-corrected chi connectivity index (χ2v) is 7.82. The van der Waals surface area contributed by atoms with Crippen LogP contribution in [0.2, 0.25) is 0 Å². The van der Waals surface area contributed by atoms with Gasteiger partial charge in [0.05, 0.1) is 6.61 Å². The van der Waals surface area contributed by atoms with Gasteiger partial charge in [0, 0.05) is 27.7 Å². The van der Waals surface area contributed by atoms with Crippen LogP contribution in [0, 0.1) is 5.92 Å². The zero-order chi connectivity index (χ0) is 24.3. The van der Waals surface area contributed by atoms with Crippen molar-refractivity contribution in [2.75, 3.05) is 13.2 Å². The number of rotatable bonds is 12. The molecule has 0 aliphatic carbocycles. The Hall–Kier alpha value is -2.20. The zero-order valence-electron chi connectivity index (χ0n) is 19.8. The number of hydrogen-bond acceptors (Lipinski definition) is 10. The number of unbranched alkanes of at least 4 members (excludes halogenated alkanes) is 1. The molecule has 0 N–H and O–H groups in total. The van der Waals surface area contributed by atoms with Gasteiger partial charge in [-0.05, 0) is 12.3 Å². The van der Waals surface area contributed by atoms with Gasteiger partial charge in [0.25, 0.3) is 0 Å². The van der Waals surface area contributed by atoms with E-state index in [4.69, 9.17) is 28.4 Å².